The van der Waals surface area contributed by atoms with E-state index < -0.39 is 31.3 Å². The molecule has 0 heterocycles. The van der Waals surface area contributed by atoms with Crippen molar-refractivity contribution in [1.82, 2.24) is 0 Å². The zero-order chi connectivity index (χ0) is 14.5. The Bertz CT molecular complexity index is 412. The Morgan fingerprint density at radius 1 is 1.32 bits per heavy atom. The number of ether oxygens (including phenoxy) is 1. The SMILES string of the molecule is CCc1ccc(C(=O)OCC(O)CC(F)(F)F)cc1. The minimum Gasteiger partial charge on any atom is -0.459 e. The van der Waals surface area contributed by atoms with Crippen molar-refractivity contribution in [3.05, 3.63) is 35.4 Å². The zero-order valence-electron chi connectivity index (χ0n) is 10.4. The van der Waals surface area contributed by atoms with Crippen molar-refractivity contribution in [1.29, 1.82) is 0 Å². The van der Waals surface area contributed by atoms with E-state index in [0.29, 0.717) is 0 Å². The van der Waals surface area contributed by atoms with Gasteiger partial charge in [0.25, 0.3) is 0 Å². The molecule has 0 saturated carbocycles. The van der Waals surface area contributed by atoms with Gasteiger partial charge in [0.2, 0.25) is 0 Å². The Labute approximate surface area is 109 Å². The third-order valence-corrected chi connectivity index (χ3v) is 2.47. The molecule has 0 aliphatic rings. The van der Waals surface area contributed by atoms with E-state index in [9.17, 15) is 18.0 Å². The number of carbonyl (C=O) groups is 1. The topological polar surface area (TPSA) is 46.5 Å². The van der Waals surface area contributed by atoms with E-state index in [0.717, 1.165) is 12.0 Å². The van der Waals surface area contributed by atoms with Crippen LogP contribution >= 0.6 is 0 Å². The third kappa shape index (κ3) is 5.74. The molecule has 6 heteroatoms. The van der Waals surface area contributed by atoms with Crippen LogP contribution in [-0.4, -0.2) is 30.0 Å². The summed E-state index contributed by atoms with van der Waals surface area (Å²) in [6, 6.07) is 6.56. The Hall–Kier alpha value is -1.56. The highest BCUT2D eigenvalue weighted by molar-refractivity contribution is 5.89. The number of esters is 1. The molecule has 0 saturated heterocycles. The molecule has 0 amide bonds. The Morgan fingerprint density at radius 3 is 2.37 bits per heavy atom. The zero-order valence-corrected chi connectivity index (χ0v) is 10.4. The van der Waals surface area contributed by atoms with E-state index in [2.05, 4.69) is 4.74 Å². The molecular weight excluding hydrogens is 261 g/mol. The van der Waals surface area contributed by atoms with Gasteiger partial charge in [-0.05, 0) is 24.1 Å². The Kier molecular flexibility index (Phi) is 5.35. The molecule has 0 aromatic heterocycles. The molecule has 1 rings (SSSR count). The quantitative estimate of drug-likeness (QED) is 0.841. The van der Waals surface area contributed by atoms with Crippen LogP contribution in [0.3, 0.4) is 0 Å². The second kappa shape index (κ2) is 6.56. The lowest BCUT2D eigenvalue weighted by Gasteiger charge is -2.13. The fourth-order valence-corrected chi connectivity index (χ4v) is 1.46. The van der Waals surface area contributed by atoms with Crippen LogP contribution in [0.2, 0.25) is 0 Å². The summed E-state index contributed by atoms with van der Waals surface area (Å²) in [7, 11) is 0. The number of benzene rings is 1. The summed E-state index contributed by atoms with van der Waals surface area (Å²) in [5.41, 5.74) is 1.28. The molecule has 0 aliphatic carbocycles. The summed E-state index contributed by atoms with van der Waals surface area (Å²) in [5.74, 6) is -0.746. The predicted octanol–water partition coefficient (Wildman–Crippen LogP) is 2.72. The van der Waals surface area contributed by atoms with Gasteiger partial charge in [-0.1, -0.05) is 19.1 Å². The van der Waals surface area contributed by atoms with Crippen LogP contribution in [0.5, 0.6) is 0 Å². The average Bonchev–Trinajstić information content (AvgIpc) is 2.34. The number of carbonyl (C=O) groups excluding carboxylic acids is 1. The minimum atomic E-state index is -4.48. The lowest BCUT2D eigenvalue weighted by Crippen LogP contribution is -2.25. The molecule has 3 nitrogen and oxygen atoms in total. The van der Waals surface area contributed by atoms with Crippen molar-refractivity contribution < 1.29 is 27.8 Å². The Balaban J connectivity index is 2.46. The van der Waals surface area contributed by atoms with Gasteiger partial charge in [-0.25, -0.2) is 4.79 Å². The largest absolute Gasteiger partial charge is 0.459 e. The first-order chi connectivity index (χ1) is 8.81. The van der Waals surface area contributed by atoms with Crippen molar-refractivity contribution >= 4 is 5.97 Å². The maximum Gasteiger partial charge on any atom is 0.391 e. The molecular formula is C13H15F3O3. The molecule has 1 aromatic rings. The molecule has 0 spiro atoms. The number of hydrogen-bond donors (Lipinski definition) is 1. The van der Waals surface area contributed by atoms with Crippen LogP contribution in [0.25, 0.3) is 0 Å². The molecule has 1 unspecified atom stereocenters. The van der Waals surface area contributed by atoms with E-state index in [1.54, 1.807) is 12.1 Å². The Morgan fingerprint density at radius 2 is 1.89 bits per heavy atom. The van der Waals surface area contributed by atoms with Gasteiger partial charge in [0, 0.05) is 0 Å². The van der Waals surface area contributed by atoms with Gasteiger partial charge in [-0.2, -0.15) is 13.2 Å². The summed E-state index contributed by atoms with van der Waals surface area (Å²) >= 11 is 0. The smallest absolute Gasteiger partial charge is 0.391 e. The molecule has 106 valence electrons. The highest BCUT2D eigenvalue weighted by Crippen LogP contribution is 2.21. The first-order valence-corrected chi connectivity index (χ1v) is 5.82. The predicted molar refractivity (Wildman–Crippen MR) is 62.8 cm³/mol. The number of rotatable bonds is 5. The highest BCUT2D eigenvalue weighted by Gasteiger charge is 2.31. The maximum absolute atomic E-state index is 11.9. The van der Waals surface area contributed by atoms with Crippen LogP contribution in [-0.2, 0) is 11.2 Å². The monoisotopic (exact) mass is 276 g/mol. The van der Waals surface area contributed by atoms with Crippen molar-refractivity contribution in [2.45, 2.75) is 32.0 Å². The summed E-state index contributed by atoms with van der Waals surface area (Å²) < 4.78 is 40.4. The van der Waals surface area contributed by atoms with Crippen molar-refractivity contribution in [3.63, 3.8) is 0 Å². The van der Waals surface area contributed by atoms with Gasteiger partial charge in [-0.15, -0.1) is 0 Å². The van der Waals surface area contributed by atoms with Crippen LogP contribution in [0, 0.1) is 0 Å². The second-order valence-corrected chi connectivity index (χ2v) is 4.12. The van der Waals surface area contributed by atoms with E-state index in [-0.39, 0.29) is 5.56 Å². The molecule has 1 atom stereocenters. The molecule has 1 aromatic carbocycles. The van der Waals surface area contributed by atoms with Gasteiger partial charge in [0.15, 0.2) is 0 Å². The van der Waals surface area contributed by atoms with Crippen LogP contribution in [0.15, 0.2) is 24.3 Å². The second-order valence-electron chi connectivity index (χ2n) is 4.12. The van der Waals surface area contributed by atoms with E-state index in [1.807, 2.05) is 6.92 Å². The van der Waals surface area contributed by atoms with Crippen LogP contribution in [0.1, 0.15) is 29.3 Å². The number of aliphatic hydroxyl groups excluding tert-OH is 1. The van der Waals surface area contributed by atoms with Crippen LogP contribution in [0.4, 0.5) is 13.2 Å². The summed E-state index contributed by atoms with van der Waals surface area (Å²) in [6.45, 7) is 1.29. The number of aliphatic hydroxyl groups is 1. The lowest BCUT2D eigenvalue weighted by atomic mass is 10.1. The van der Waals surface area contributed by atoms with Gasteiger partial charge in [0.05, 0.1) is 18.1 Å². The first-order valence-electron chi connectivity index (χ1n) is 5.82. The van der Waals surface area contributed by atoms with E-state index in [1.165, 1.54) is 12.1 Å². The van der Waals surface area contributed by atoms with Crippen molar-refractivity contribution in [3.8, 4) is 0 Å². The summed E-state index contributed by atoms with van der Waals surface area (Å²) in [5, 5.41) is 9.07. The van der Waals surface area contributed by atoms with Gasteiger partial charge in [0.1, 0.15) is 6.61 Å². The fourth-order valence-electron chi connectivity index (χ4n) is 1.46. The summed E-state index contributed by atoms with van der Waals surface area (Å²) in [6.07, 6.45) is -6.79. The fraction of sp³-hybridized carbons (Fsp3) is 0.462. The minimum absolute atomic E-state index is 0.247. The van der Waals surface area contributed by atoms with Gasteiger partial charge >= 0.3 is 12.1 Å². The van der Waals surface area contributed by atoms with Crippen LogP contribution < -0.4 is 0 Å². The maximum atomic E-state index is 11.9. The number of hydrogen-bond acceptors (Lipinski definition) is 3. The summed E-state index contributed by atoms with van der Waals surface area (Å²) in [4.78, 5) is 11.5. The normalized spacial score (nSPS) is 13.1. The average molecular weight is 276 g/mol. The molecule has 19 heavy (non-hydrogen) atoms. The molecule has 0 radical (unpaired) electrons. The first kappa shape index (κ1) is 15.5. The van der Waals surface area contributed by atoms with E-state index >= 15 is 0 Å². The number of aryl methyl sites for hydroxylation is 1. The molecule has 0 bridgehead atoms. The lowest BCUT2D eigenvalue weighted by molar-refractivity contribution is -0.157. The molecule has 1 N–H and O–H groups in total. The van der Waals surface area contributed by atoms with E-state index in [4.69, 9.17) is 5.11 Å². The van der Waals surface area contributed by atoms with Gasteiger partial charge < -0.3 is 9.84 Å². The number of halogens is 3. The third-order valence-electron chi connectivity index (χ3n) is 2.47. The molecule has 0 fully saturated rings. The highest BCUT2D eigenvalue weighted by atomic mass is 19.4. The molecule has 0 aliphatic heterocycles. The number of alkyl halides is 3. The van der Waals surface area contributed by atoms with Crippen molar-refractivity contribution in [2.75, 3.05) is 6.61 Å². The van der Waals surface area contributed by atoms with Gasteiger partial charge in [-0.3, -0.25) is 0 Å². The standard InChI is InChI=1S/C13H15F3O3/c1-2-9-3-5-10(6-4-9)12(18)19-8-11(17)7-13(14,15)16/h3-6,11,17H,2,7-8H2,1H3. The van der Waals surface area contributed by atoms with Crippen molar-refractivity contribution in [2.24, 2.45) is 0 Å².